The highest BCUT2D eigenvalue weighted by molar-refractivity contribution is 7.99. The molecule has 2 unspecified atom stereocenters. The van der Waals surface area contributed by atoms with Gasteiger partial charge in [0.1, 0.15) is 6.04 Å². The number of hydrogen-bond acceptors (Lipinski definition) is 6. The molecule has 0 rings (SSSR count). The number of nitrogens with one attached hydrogen (secondary N) is 1. The van der Waals surface area contributed by atoms with Crippen LogP contribution in [0.1, 0.15) is 26.7 Å². The first-order chi connectivity index (χ1) is 9.29. The van der Waals surface area contributed by atoms with Gasteiger partial charge in [0, 0.05) is 0 Å². The van der Waals surface area contributed by atoms with Crippen LogP contribution in [0.5, 0.6) is 0 Å². The zero-order chi connectivity index (χ0) is 15.8. The van der Waals surface area contributed by atoms with Crippen LogP contribution in [0.15, 0.2) is 0 Å². The summed E-state index contributed by atoms with van der Waals surface area (Å²) in [5, 5.41) is 28.4. The van der Waals surface area contributed by atoms with Gasteiger partial charge in [-0.3, -0.25) is 10.1 Å². The third-order valence-corrected chi connectivity index (χ3v) is 3.75. The smallest absolute Gasteiger partial charge is 0.349 e. The van der Waals surface area contributed by atoms with E-state index in [4.69, 9.17) is 15.5 Å². The lowest BCUT2D eigenvalue weighted by Gasteiger charge is -2.22. The summed E-state index contributed by atoms with van der Waals surface area (Å²) < 4.78 is 0. The Kier molecular flexibility index (Phi) is 8.19. The normalized spacial score (nSPS) is 15.2. The molecule has 0 bridgehead atoms. The molecule has 0 aromatic rings. The first kappa shape index (κ1) is 18.7. The van der Waals surface area contributed by atoms with Crippen LogP contribution in [0.3, 0.4) is 0 Å². The fourth-order valence-corrected chi connectivity index (χ4v) is 2.07. The van der Waals surface area contributed by atoms with Crippen molar-refractivity contribution in [2.45, 2.75) is 38.3 Å². The topological polar surface area (TPSA) is 133 Å². The molecule has 0 aromatic heterocycles. The molecule has 0 radical (unpaired) electrons. The zero-order valence-electron chi connectivity index (χ0n) is 11.3. The molecule has 8 nitrogen and oxygen atoms in total. The highest BCUT2D eigenvalue weighted by Gasteiger charge is 2.45. The van der Waals surface area contributed by atoms with Crippen molar-refractivity contribution in [3.8, 4) is 0 Å². The van der Waals surface area contributed by atoms with Crippen LogP contribution in [0, 0.1) is 0 Å². The van der Waals surface area contributed by atoms with Crippen LogP contribution in [0.2, 0.25) is 0 Å². The van der Waals surface area contributed by atoms with Crippen molar-refractivity contribution in [2.24, 2.45) is 0 Å². The summed E-state index contributed by atoms with van der Waals surface area (Å²) in [6.07, 6.45) is 1.09. The van der Waals surface area contributed by atoms with E-state index in [-0.39, 0.29) is 6.42 Å². The maximum atomic E-state index is 11.7. The largest absolute Gasteiger partial charge is 0.480 e. The van der Waals surface area contributed by atoms with Crippen LogP contribution < -0.4 is 5.32 Å². The molecule has 0 saturated heterocycles. The number of amides is 1. The monoisotopic (exact) mass is 309 g/mol. The van der Waals surface area contributed by atoms with Gasteiger partial charge in [0.2, 0.25) is 0 Å². The number of hydrogen-bond donors (Lipinski definition) is 4. The van der Waals surface area contributed by atoms with E-state index in [9.17, 15) is 14.4 Å². The van der Waals surface area contributed by atoms with Gasteiger partial charge >= 0.3 is 11.9 Å². The standard InChI is InChI=1S/C11H19NO7S/c1-3-5-20-6-4-7(8(13)14)12-9(15)11(2,19-18)10(16)17/h7,18H,3-6H2,1-2H3,(H,12,15)(H,13,14)(H,16,17). The first-order valence-electron chi connectivity index (χ1n) is 5.97. The molecular weight excluding hydrogens is 290 g/mol. The molecule has 0 aliphatic rings. The van der Waals surface area contributed by atoms with Crippen molar-refractivity contribution in [1.29, 1.82) is 0 Å². The lowest BCUT2D eigenvalue weighted by molar-refractivity contribution is -0.302. The summed E-state index contributed by atoms with van der Waals surface area (Å²) in [4.78, 5) is 37.2. The molecule has 9 heteroatoms. The van der Waals surface area contributed by atoms with E-state index >= 15 is 0 Å². The van der Waals surface area contributed by atoms with Gasteiger partial charge < -0.3 is 15.5 Å². The molecule has 0 fully saturated rings. The number of aliphatic carboxylic acids is 2. The molecule has 116 valence electrons. The Balaban J connectivity index is 4.62. The molecule has 0 saturated carbocycles. The van der Waals surface area contributed by atoms with Crippen molar-refractivity contribution < 1.29 is 34.7 Å². The van der Waals surface area contributed by atoms with Gasteiger partial charge in [-0.15, -0.1) is 0 Å². The summed E-state index contributed by atoms with van der Waals surface area (Å²) in [5.41, 5.74) is -2.54. The average Bonchev–Trinajstić information content (AvgIpc) is 2.40. The summed E-state index contributed by atoms with van der Waals surface area (Å²) >= 11 is 1.53. The van der Waals surface area contributed by atoms with Crippen molar-refractivity contribution in [3.05, 3.63) is 0 Å². The van der Waals surface area contributed by atoms with Gasteiger partial charge in [0.15, 0.2) is 0 Å². The van der Waals surface area contributed by atoms with Crippen LogP contribution in [-0.4, -0.2) is 56.5 Å². The molecule has 2 atom stereocenters. The Bertz CT molecular complexity index is 363. The van der Waals surface area contributed by atoms with Crippen LogP contribution in [0.4, 0.5) is 0 Å². The van der Waals surface area contributed by atoms with Crippen molar-refractivity contribution in [1.82, 2.24) is 5.32 Å². The SMILES string of the molecule is CCCSCCC(NC(=O)C(C)(OO)C(=O)O)C(=O)O. The minimum absolute atomic E-state index is 0.146. The molecular formula is C11H19NO7S. The lowest BCUT2D eigenvalue weighted by Crippen LogP contribution is -2.56. The van der Waals surface area contributed by atoms with Crippen LogP contribution >= 0.6 is 11.8 Å². The Morgan fingerprint density at radius 2 is 1.90 bits per heavy atom. The number of carbonyl (C=O) groups is 3. The van der Waals surface area contributed by atoms with Crippen LogP contribution in [0.25, 0.3) is 0 Å². The molecule has 1 amide bonds. The lowest BCUT2D eigenvalue weighted by atomic mass is 10.1. The van der Waals surface area contributed by atoms with E-state index in [0.717, 1.165) is 19.1 Å². The minimum atomic E-state index is -2.54. The van der Waals surface area contributed by atoms with Gasteiger partial charge in [-0.05, 0) is 31.3 Å². The van der Waals surface area contributed by atoms with Gasteiger partial charge in [-0.25, -0.2) is 14.5 Å². The average molecular weight is 309 g/mol. The summed E-state index contributed by atoms with van der Waals surface area (Å²) in [6, 6.07) is -1.24. The Morgan fingerprint density at radius 1 is 1.30 bits per heavy atom. The zero-order valence-corrected chi connectivity index (χ0v) is 12.1. The Morgan fingerprint density at radius 3 is 2.30 bits per heavy atom. The van der Waals surface area contributed by atoms with Gasteiger partial charge in [0.25, 0.3) is 11.5 Å². The van der Waals surface area contributed by atoms with Crippen LogP contribution in [-0.2, 0) is 19.3 Å². The number of carbonyl (C=O) groups excluding carboxylic acids is 1. The fraction of sp³-hybridized carbons (Fsp3) is 0.727. The van der Waals surface area contributed by atoms with Crippen molar-refractivity contribution >= 4 is 29.6 Å². The third-order valence-electron chi connectivity index (χ3n) is 2.53. The fourth-order valence-electron chi connectivity index (χ4n) is 1.18. The molecule has 0 aliphatic carbocycles. The molecule has 0 spiro atoms. The van der Waals surface area contributed by atoms with E-state index in [1.807, 2.05) is 12.2 Å². The maximum Gasteiger partial charge on any atom is 0.349 e. The molecule has 20 heavy (non-hydrogen) atoms. The summed E-state index contributed by atoms with van der Waals surface area (Å²) in [7, 11) is 0. The second-order valence-electron chi connectivity index (χ2n) is 4.20. The predicted octanol–water partition coefficient (Wildman–Crippen LogP) is 0.422. The van der Waals surface area contributed by atoms with E-state index in [1.54, 1.807) is 0 Å². The third kappa shape index (κ3) is 5.35. The molecule has 0 heterocycles. The van der Waals surface area contributed by atoms with Crippen molar-refractivity contribution in [2.75, 3.05) is 11.5 Å². The highest BCUT2D eigenvalue weighted by atomic mass is 32.2. The van der Waals surface area contributed by atoms with E-state index < -0.39 is 29.5 Å². The van der Waals surface area contributed by atoms with Gasteiger partial charge in [-0.2, -0.15) is 11.8 Å². The molecule has 4 N–H and O–H groups in total. The van der Waals surface area contributed by atoms with Crippen molar-refractivity contribution in [3.63, 3.8) is 0 Å². The first-order valence-corrected chi connectivity index (χ1v) is 7.12. The summed E-state index contributed by atoms with van der Waals surface area (Å²) in [5.74, 6) is -2.84. The summed E-state index contributed by atoms with van der Waals surface area (Å²) in [6.45, 7) is 2.82. The maximum absolute atomic E-state index is 11.7. The number of thioether (sulfide) groups is 1. The highest BCUT2D eigenvalue weighted by Crippen LogP contribution is 2.12. The Hall–Kier alpha value is -1.32. The number of carboxylic acid groups (broad SMARTS) is 2. The second kappa shape index (κ2) is 8.77. The predicted molar refractivity (Wildman–Crippen MR) is 71.6 cm³/mol. The van der Waals surface area contributed by atoms with Gasteiger partial charge in [-0.1, -0.05) is 6.92 Å². The van der Waals surface area contributed by atoms with Gasteiger partial charge in [0.05, 0.1) is 0 Å². The number of carboxylic acids is 2. The second-order valence-corrected chi connectivity index (χ2v) is 5.42. The number of rotatable bonds is 10. The quantitative estimate of drug-likeness (QED) is 0.197. The minimum Gasteiger partial charge on any atom is -0.480 e. The van der Waals surface area contributed by atoms with E-state index in [1.165, 1.54) is 11.8 Å². The Labute approximate surface area is 120 Å². The molecule has 0 aromatic carbocycles. The van der Waals surface area contributed by atoms with E-state index in [2.05, 4.69) is 4.89 Å². The van der Waals surface area contributed by atoms with E-state index in [0.29, 0.717) is 5.75 Å². The molecule has 0 aliphatic heterocycles.